The van der Waals surface area contributed by atoms with E-state index >= 15 is 0 Å². The molecule has 0 saturated heterocycles. The molecule has 0 fully saturated rings. The molecule has 0 saturated carbocycles. The molecule has 1 heterocycles. The van der Waals surface area contributed by atoms with Gasteiger partial charge in [0.15, 0.2) is 0 Å². The van der Waals surface area contributed by atoms with E-state index in [1.165, 1.54) is 16.7 Å². The molecule has 0 radical (unpaired) electrons. The van der Waals surface area contributed by atoms with Crippen molar-refractivity contribution in [3.63, 3.8) is 0 Å². The zero-order valence-electron chi connectivity index (χ0n) is 12.8. The topological polar surface area (TPSA) is 28.2 Å². The van der Waals surface area contributed by atoms with Crippen molar-refractivity contribution in [3.8, 4) is 0 Å². The lowest BCUT2D eigenvalue weighted by atomic mass is 10.1. The standard InChI is InChI=1S/C17H23N3/c1-13-5-7-15(8-6-13)12-20(4)17-10-9-16(11-18-3)14(2)19-17/h5-10,18H,11-12H2,1-4H3. The van der Waals surface area contributed by atoms with Crippen molar-refractivity contribution in [2.45, 2.75) is 26.9 Å². The molecule has 3 nitrogen and oxygen atoms in total. The average Bonchev–Trinajstić information content (AvgIpc) is 2.44. The van der Waals surface area contributed by atoms with Gasteiger partial charge < -0.3 is 10.2 Å². The molecule has 0 spiro atoms. The second-order valence-electron chi connectivity index (χ2n) is 5.29. The zero-order valence-corrected chi connectivity index (χ0v) is 12.8. The van der Waals surface area contributed by atoms with Gasteiger partial charge in [-0.05, 0) is 38.1 Å². The van der Waals surface area contributed by atoms with Crippen LogP contribution in [0.4, 0.5) is 5.82 Å². The summed E-state index contributed by atoms with van der Waals surface area (Å²) in [5, 5.41) is 3.17. The lowest BCUT2D eigenvalue weighted by molar-refractivity contribution is 0.800. The highest BCUT2D eigenvalue weighted by Gasteiger charge is 2.06. The number of aromatic nitrogens is 1. The molecule has 0 atom stereocenters. The monoisotopic (exact) mass is 269 g/mol. The Labute approximate surface area is 121 Å². The Morgan fingerprint density at radius 1 is 1.05 bits per heavy atom. The van der Waals surface area contributed by atoms with Gasteiger partial charge in [0.25, 0.3) is 0 Å². The third-order valence-electron chi connectivity index (χ3n) is 3.48. The molecule has 0 aliphatic rings. The third-order valence-corrected chi connectivity index (χ3v) is 3.48. The summed E-state index contributed by atoms with van der Waals surface area (Å²) in [4.78, 5) is 6.87. The summed E-state index contributed by atoms with van der Waals surface area (Å²) in [6.07, 6.45) is 0. The molecule has 0 amide bonds. The van der Waals surface area contributed by atoms with Gasteiger partial charge in [-0.1, -0.05) is 35.9 Å². The Morgan fingerprint density at radius 2 is 1.75 bits per heavy atom. The van der Waals surface area contributed by atoms with Crippen LogP contribution in [0.25, 0.3) is 0 Å². The highest BCUT2D eigenvalue weighted by molar-refractivity contribution is 5.42. The molecule has 106 valence electrons. The van der Waals surface area contributed by atoms with Crippen molar-refractivity contribution in [1.29, 1.82) is 0 Å². The van der Waals surface area contributed by atoms with Crippen LogP contribution in [0.3, 0.4) is 0 Å². The first-order valence-corrected chi connectivity index (χ1v) is 6.98. The van der Waals surface area contributed by atoms with Gasteiger partial charge >= 0.3 is 0 Å². The number of nitrogens with one attached hydrogen (secondary N) is 1. The number of benzene rings is 1. The summed E-state index contributed by atoms with van der Waals surface area (Å²) in [6, 6.07) is 12.9. The Morgan fingerprint density at radius 3 is 2.35 bits per heavy atom. The van der Waals surface area contributed by atoms with Gasteiger partial charge in [0, 0.05) is 25.8 Å². The van der Waals surface area contributed by atoms with Gasteiger partial charge in [-0.25, -0.2) is 4.98 Å². The van der Waals surface area contributed by atoms with Crippen LogP contribution in [-0.2, 0) is 13.1 Å². The fourth-order valence-corrected chi connectivity index (χ4v) is 2.21. The number of hydrogen-bond donors (Lipinski definition) is 1. The first-order chi connectivity index (χ1) is 9.60. The van der Waals surface area contributed by atoms with Crippen molar-refractivity contribution in [3.05, 3.63) is 58.8 Å². The van der Waals surface area contributed by atoms with Crippen LogP contribution in [-0.4, -0.2) is 19.1 Å². The maximum atomic E-state index is 4.69. The van der Waals surface area contributed by atoms with Crippen molar-refractivity contribution in [2.75, 3.05) is 19.0 Å². The number of nitrogens with zero attached hydrogens (tertiary/aromatic N) is 2. The predicted octanol–water partition coefficient (Wildman–Crippen LogP) is 3.05. The molecule has 2 aromatic rings. The number of anilines is 1. The van der Waals surface area contributed by atoms with Crippen LogP contribution in [0.2, 0.25) is 0 Å². The lowest BCUT2D eigenvalue weighted by Crippen LogP contribution is -2.18. The van der Waals surface area contributed by atoms with E-state index in [0.29, 0.717) is 0 Å². The van der Waals surface area contributed by atoms with Crippen LogP contribution >= 0.6 is 0 Å². The minimum Gasteiger partial charge on any atom is -0.355 e. The molecule has 1 aromatic carbocycles. The second kappa shape index (κ2) is 6.53. The third kappa shape index (κ3) is 3.58. The molecule has 1 aromatic heterocycles. The fraction of sp³-hybridized carbons (Fsp3) is 0.353. The molecule has 0 aliphatic carbocycles. The number of rotatable bonds is 5. The van der Waals surface area contributed by atoms with Gasteiger partial charge in [0.1, 0.15) is 5.82 Å². The van der Waals surface area contributed by atoms with Crippen molar-refractivity contribution in [1.82, 2.24) is 10.3 Å². The van der Waals surface area contributed by atoms with Crippen LogP contribution in [0.5, 0.6) is 0 Å². The Hall–Kier alpha value is -1.87. The molecular formula is C17H23N3. The van der Waals surface area contributed by atoms with E-state index in [2.05, 4.69) is 67.5 Å². The molecule has 3 heteroatoms. The summed E-state index contributed by atoms with van der Waals surface area (Å²) in [7, 11) is 4.04. The zero-order chi connectivity index (χ0) is 14.5. The summed E-state index contributed by atoms with van der Waals surface area (Å²) in [5.41, 5.74) is 4.94. The lowest BCUT2D eigenvalue weighted by Gasteiger charge is -2.19. The van der Waals surface area contributed by atoms with Crippen molar-refractivity contribution in [2.24, 2.45) is 0 Å². The normalized spacial score (nSPS) is 10.6. The Balaban J connectivity index is 2.10. The van der Waals surface area contributed by atoms with E-state index in [1.807, 2.05) is 7.05 Å². The molecule has 0 bridgehead atoms. The van der Waals surface area contributed by atoms with Crippen molar-refractivity contribution < 1.29 is 0 Å². The summed E-state index contributed by atoms with van der Waals surface area (Å²) < 4.78 is 0. The largest absolute Gasteiger partial charge is 0.355 e. The Bertz CT molecular complexity index is 561. The Kier molecular flexibility index (Phi) is 4.74. The number of pyridine rings is 1. The molecule has 2 rings (SSSR count). The van der Waals surface area contributed by atoms with E-state index in [-0.39, 0.29) is 0 Å². The van der Waals surface area contributed by atoms with Crippen LogP contribution in [0.15, 0.2) is 36.4 Å². The average molecular weight is 269 g/mol. The molecular weight excluding hydrogens is 246 g/mol. The van der Waals surface area contributed by atoms with Gasteiger partial charge in [-0.15, -0.1) is 0 Å². The second-order valence-corrected chi connectivity index (χ2v) is 5.29. The van der Waals surface area contributed by atoms with E-state index in [9.17, 15) is 0 Å². The van der Waals surface area contributed by atoms with Crippen LogP contribution in [0.1, 0.15) is 22.4 Å². The minimum atomic E-state index is 0.862. The van der Waals surface area contributed by atoms with Crippen LogP contribution < -0.4 is 10.2 Å². The number of aryl methyl sites for hydroxylation is 2. The van der Waals surface area contributed by atoms with E-state index < -0.39 is 0 Å². The quantitative estimate of drug-likeness (QED) is 0.904. The van der Waals surface area contributed by atoms with Gasteiger partial charge in [-0.3, -0.25) is 0 Å². The van der Waals surface area contributed by atoms with Gasteiger partial charge in [0.05, 0.1) is 0 Å². The van der Waals surface area contributed by atoms with Gasteiger partial charge in [0.2, 0.25) is 0 Å². The molecule has 0 aliphatic heterocycles. The smallest absolute Gasteiger partial charge is 0.128 e. The summed E-state index contributed by atoms with van der Waals surface area (Å²) >= 11 is 0. The molecule has 20 heavy (non-hydrogen) atoms. The maximum absolute atomic E-state index is 4.69. The summed E-state index contributed by atoms with van der Waals surface area (Å²) in [5.74, 6) is 1.02. The van der Waals surface area contributed by atoms with E-state index in [1.54, 1.807) is 0 Å². The minimum absolute atomic E-state index is 0.862. The van der Waals surface area contributed by atoms with Crippen molar-refractivity contribution >= 4 is 5.82 Å². The predicted molar refractivity (Wildman–Crippen MR) is 85.0 cm³/mol. The highest BCUT2D eigenvalue weighted by Crippen LogP contribution is 2.16. The molecule has 0 unspecified atom stereocenters. The highest BCUT2D eigenvalue weighted by atomic mass is 15.2. The first-order valence-electron chi connectivity index (χ1n) is 6.98. The number of hydrogen-bond acceptors (Lipinski definition) is 3. The maximum Gasteiger partial charge on any atom is 0.128 e. The first kappa shape index (κ1) is 14.5. The van der Waals surface area contributed by atoms with Gasteiger partial charge in [-0.2, -0.15) is 0 Å². The fourth-order valence-electron chi connectivity index (χ4n) is 2.21. The van der Waals surface area contributed by atoms with Crippen LogP contribution in [0, 0.1) is 13.8 Å². The SMILES string of the molecule is CNCc1ccc(N(C)Cc2ccc(C)cc2)nc1C. The summed E-state index contributed by atoms with van der Waals surface area (Å²) in [6.45, 7) is 5.91. The van der Waals surface area contributed by atoms with E-state index in [0.717, 1.165) is 24.6 Å². The molecule has 1 N–H and O–H groups in total. The van der Waals surface area contributed by atoms with E-state index in [4.69, 9.17) is 4.98 Å².